The Kier molecular flexibility index (Phi) is 4.26. The van der Waals surface area contributed by atoms with Crippen LogP contribution < -0.4 is 5.73 Å². The molecule has 2 N–H and O–H groups in total. The van der Waals surface area contributed by atoms with Crippen molar-refractivity contribution in [2.45, 2.75) is 78.5 Å². The van der Waals surface area contributed by atoms with Crippen molar-refractivity contribution in [1.29, 1.82) is 0 Å². The molecule has 0 aliphatic carbocycles. The third-order valence-corrected chi connectivity index (χ3v) is 3.56. The first-order valence-electron chi connectivity index (χ1n) is 7.10. The summed E-state index contributed by atoms with van der Waals surface area (Å²) in [7, 11) is 0. The molecule has 1 heterocycles. The van der Waals surface area contributed by atoms with Gasteiger partial charge in [0.2, 0.25) is 0 Å². The van der Waals surface area contributed by atoms with Crippen molar-refractivity contribution in [1.82, 2.24) is 4.90 Å². The Hall–Kier alpha value is -0.770. The molecule has 0 saturated carbocycles. The lowest BCUT2D eigenvalue weighted by Gasteiger charge is -2.48. The van der Waals surface area contributed by atoms with Gasteiger partial charge >= 0.3 is 6.09 Å². The van der Waals surface area contributed by atoms with E-state index in [1.165, 1.54) is 0 Å². The minimum atomic E-state index is -0.470. The molecule has 1 unspecified atom stereocenters. The molecule has 0 spiro atoms. The normalized spacial score (nSPS) is 24.2. The molecule has 0 aromatic rings. The van der Waals surface area contributed by atoms with Gasteiger partial charge in [-0.15, -0.1) is 0 Å². The lowest BCUT2D eigenvalue weighted by atomic mass is 9.77. The number of piperidine rings is 1. The van der Waals surface area contributed by atoms with Gasteiger partial charge < -0.3 is 15.4 Å². The van der Waals surface area contributed by atoms with E-state index in [-0.39, 0.29) is 17.6 Å². The van der Waals surface area contributed by atoms with Gasteiger partial charge in [-0.25, -0.2) is 4.79 Å². The number of likely N-dealkylation sites (tertiary alicyclic amines) is 1. The van der Waals surface area contributed by atoms with E-state index >= 15 is 0 Å². The average molecular weight is 270 g/mol. The van der Waals surface area contributed by atoms with Crippen LogP contribution >= 0.6 is 0 Å². The van der Waals surface area contributed by atoms with Gasteiger partial charge in [0, 0.05) is 12.1 Å². The van der Waals surface area contributed by atoms with Crippen LogP contribution in [-0.2, 0) is 4.74 Å². The molecule has 112 valence electrons. The molecule has 0 bridgehead atoms. The SMILES string of the molecule is CC1(C)CCC(C(C)(C)N)N(C(=O)OC(C)(C)C)C1. The molecule has 1 aliphatic rings. The molecule has 0 radical (unpaired) electrons. The fourth-order valence-electron chi connectivity index (χ4n) is 2.62. The van der Waals surface area contributed by atoms with Crippen molar-refractivity contribution < 1.29 is 9.53 Å². The second-order valence-corrected chi connectivity index (χ2v) is 8.15. The van der Waals surface area contributed by atoms with Crippen LogP contribution in [0.2, 0.25) is 0 Å². The summed E-state index contributed by atoms with van der Waals surface area (Å²) in [5.74, 6) is 0. The van der Waals surface area contributed by atoms with Crippen LogP contribution in [-0.4, -0.2) is 34.7 Å². The average Bonchev–Trinajstić information content (AvgIpc) is 2.11. The molecule has 19 heavy (non-hydrogen) atoms. The molecule has 4 nitrogen and oxygen atoms in total. The summed E-state index contributed by atoms with van der Waals surface area (Å²) in [6.45, 7) is 14.7. The van der Waals surface area contributed by atoms with Crippen molar-refractivity contribution in [3.63, 3.8) is 0 Å². The largest absolute Gasteiger partial charge is 0.444 e. The zero-order valence-corrected chi connectivity index (χ0v) is 13.5. The zero-order chi connectivity index (χ0) is 15.1. The number of hydrogen-bond donors (Lipinski definition) is 1. The summed E-state index contributed by atoms with van der Waals surface area (Å²) in [6, 6.07) is 0.0374. The van der Waals surface area contributed by atoms with Crippen LogP contribution in [0, 0.1) is 5.41 Å². The number of carbonyl (C=O) groups is 1. The van der Waals surface area contributed by atoms with Crippen molar-refractivity contribution >= 4 is 6.09 Å². The minimum Gasteiger partial charge on any atom is -0.444 e. The molecule has 4 heteroatoms. The fraction of sp³-hybridized carbons (Fsp3) is 0.933. The van der Waals surface area contributed by atoms with Gasteiger partial charge in [-0.05, 0) is 52.9 Å². The number of hydrogen-bond acceptors (Lipinski definition) is 3. The Labute approximate surface area is 117 Å². The number of amides is 1. The number of carbonyl (C=O) groups excluding carboxylic acids is 1. The van der Waals surface area contributed by atoms with Crippen LogP contribution in [0.15, 0.2) is 0 Å². The first-order valence-corrected chi connectivity index (χ1v) is 7.10. The van der Waals surface area contributed by atoms with Crippen LogP contribution in [0.3, 0.4) is 0 Å². The first-order chi connectivity index (χ1) is 8.32. The number of ether oxygens (including phenoxy) is 1. The zero-order valence-electron chi connectivity index (χ0n) is 13.5. The van der Waals surface area contributed by atoms with E-state index in [0.717, 1.165) is 12.8 Å². The number of nitrogens with zero attached hydrogens (tertiary/aromatic N) is 1. The van der Waals surface area contributed by atoms with Crippen molar-refractivity contribution in [2.75, 3.05) is 6.54 Å². The van der Waals surface area contributed by atoms with Crippen LogP contribution in [0.1, 0.15) is 61.3 Å². The van der Waals surface area contributed by atoms with E-state index < -0.39 is 11.1 Å². The van der Waals surface area contributed by atoms with Gasteiger partial charge in [0.25, 0.3) is 0 Å². The van der Waals surface area contributed by atoms with E-state index in [1.807, 2.05) is 39.5 Å². The maximum atomic E-state index is 12.4. The van der Waals surface area contributed by atoms with Crippen LogP contribution in [0.5, 0.6) is 0 Å². The van der Waals surface area contributed by atoms with Gasteiger partial charge in [-0.2, -0.15) is 0 Å². The molecule has 0 aromatic heterocycles. The van der Waals surface area contributed by atoms with E-state index in [0.29, 0.717) is 6.54 Å². The van der Waals surface area contributed by atoms with Gasteiger partial charge in [0.15, 0.2) is 0 Å². The summed E-state index contributed by atoms with van der Waals surface area (Å²) in [4.78, 5) is 14.2. The van der Waals surface area contributed by atoms with E-state index in [9.17, 15) is 4.79 Å². The van der Waals surface area contributed by atoms with Gasteiger partial charge in [-0.3, -0.25) is 0 Å². The molecule has 1 atom stereocenters. The Morgan fingerprint density at radius 3 is 2.21 bits per heavy atom. The predicted octanol–water partition coefficient (Wildman–Crippen LogP) is 3.15. The highest BCUT2D eigenvalue weighted by molar-refractivity contribution is 5.69. The number of nitrogens with two attached hydrogens (primary N) is 1. The Morgan fingerprint density at radius 1 is 1.26 bits per heavy atom. The van der Waals surface area contributed by atoms with E-state index in [1.54, 1.807) is 0 Å². The quantitative estimate of drug-likeness (QED) is 0.796. The number of rotatable bonds is 1. The molecule has 0 aromatic carbocycles. The lowest BCUT2D eigenvalue weighted by molar-refractivity contribution is -0.0190. The monoisotopic (exact) mass is 270 g/mol. The Morgan fingerprint density at radius 2 is 1.79 bits per heavy atom. The summed E-state index contributed by atoms with van der Waals surface area (Å²) < 4.78 is 5.53. The van der Waals surface area contributed by atoms with Crippen molar-refractivity contribution in [3.05, 3.63) is 0 Å². The summed E-state index contributed by atoms with van der Waals surface area (Å²) in [6.07, 6.45) is 1.76. The Bertz CT molecular complexity index is 337. The maximum Gasteiger partial charge on any atom is 0.410 e. The molecular formula is C15H30N2O2. The second-order valence-electron chi connectivity index (χ2n) is 8.15. The third-order valence-electron chi connectivity index (χ3n) is 3.56. The van der Waals surface area contributed by atoms with E-state index in [4.69, 9.17) is 10.5 Å². The second kappa shape index (κ2) is 4.97. The highest BCUT2D eigenvalue weighted by atomic mass is 16.6. The van der Waals surface area contributed by atoms with Gasteiger partial charge in [0.05, 0.1) is 6.04 Å². The topological polar surface area (TPSA) is 55.6 Å². The Balaban J connectivity index is 2.92. The van der Waals surface area contributed by atoms with Crippen molar-refractivity contribution in [2.24, 2.45) is 11.1 Å². The highest BCUT2D eigenvalue weighted by Gasteiger charge is 2.42. The van der Waals surface area contributed by atoms with Gasteiger partial charge in [0.1, 0.15) is 5.60 Å². The molecular weight excluding hydrogens is 240 g/mol. The minimum absolute atomic E-state index is 0.0374. The van der Waals surface area contributed by atoms with Crippen LogP contribution in [0.4, 0.5) is 4.79 Å². The van der Waals surface area contributed by atoms with Gasteiger partial charge in [-0.1, -0.05) is 13.8 Å². The smallest absolute Gasteiger partial charge is 0.410 e. The summed E-state index contributed by atoms with van der Waals surface area (Å²) in [5.41, 5.74) is 5.49. The maximum absolute atomic E-state index is 12.4. The van der Waals surface area contributed by atoms with E-state index in [2.05, 4.69) is 13.8 Å². The molecule has 1 amide bonds. The molecule has 1 rings (SSSR count). The standard InChI is InChI=1S/C15H30N2O2/c1-13(2,3)19-12(18)17-10-14(4,5)9-8-11(17)15(6,7)16/h11H,8-10,16H2,1-7H3. The summed E-state index contributed by atoms with van der Waals surface area (Å²) >= 11 is 0. The fourth-order valence-corrected chi connectivity index (χ4v) is 2.62. The van der Waals surface area contributed by atoms with Crippen LogP contribution in [0.25, 0.3) is 0 Å². The summed E-state index contributed by atoms with van der Waals surface area (Å²) in [5, 5.41) is 0. The first kappa shape index (κ1) is 16.3. The predicted molar refractivity (Wildman–Crippen MR) is 78.0 cm³/mol. The highest BCUT2D eigenvalue weighted by Crippen LogP contribution is 2.35. The van der Waals surface area contributed by atoms with Crippen molar-refractivity contribution in [3.8, 4) is 0 Å². The molecule has 1 saturated heterocycles. The third kappa shape index (κ3) is 4.68. The molecule has 1 aliphatic heterocycles. The lowest BCUT2D eigenvalue weighted by Crippen LogP contribution is -2.61. The molecule has 1 fully saturated rings.